The smallest absolute Gasteiger partial charge is 0.437 e. The minimum absolute atomic E-state index is 0.273. The molecule has 0 unspecified atom stereocenters. The maximum atomic E-state index is 11.8. The quantitative estimate of drug-likeness (QED) is 0.489. The summed E-state index contributed by atoms with van der Waals surface area (Å²) < 4.78 is 4.96. The van der Waals surface area contributed by atoms with Gasteiger partial charge in [-0.05, 0) is 52.0 Å². The Balaban J connectivity index is 2.68. The van der Waals surface area contributed by atoms with Crippen LogP contribution in [0.2, 0.25) is 5.02 Å². The standard InChI is InChI=1S/C16H22ClN3O4/c1-6-23-15(22)20(5)16(3,4)11(2)19-24-14(21)18-13-9-7-12(17)8-10-13/h7-10H,6H2,1-5H3,(H,18,21). The first-order valence-corrected chi connectivity index (χ1v) is 7.75. The molecule has 0 saturated heterocycles. The number of carbonyl (C=O) groups excluding carboxylic acids is 2. The van der Waals surface area contributed by atoms with Gasteiger partial charge >= 0.3 is 12.2 Å². The van der Waals surface area contributed by atoms with Crippen LogP contribution in [0.15, 0.2) is 29.4 Å². The van der Waals surface area contributed by atoms with Crippen LogP contribution in [-0.4, -0.2) is 42.0 Å². The number of anilines is 1. The van der Waals surface area contributed by atoms with Gasteiger partial charge < -0.3 is 9.64 Å². The first-order chi connectivity index (χ1) is 11.2. The number of oxime groups is 1. The van der Waals surface area contributed by atoms with E-state index < -0.39 is 17.7 Å². The maximum Gasteiger partial charge on any atom is 0.437 e. The summed E-state index contributed by atoms with van der Waals surface area (Å²) in [6.07, 6.45) is -1.23. The van der Waals surface area contributed by atoms with Crippen molar-refractivity contribution < 1.29 is 19.2 Å². The Morgan fingerprint density at radius 3 is 2.42 bits per heavy atom. The molecule has 0 aromatic heterocycles. The van der Waals surface area contributed by atoms with Gasteiger partial charge in [-0.2, -0.15) is 0 Å². The van der Waals surface area contributed by atoms with Gasteiger partial charge in [-0.1, -0.05) is 16.8 Å². The molecule has 0 heterocycles. The molecule has 0 fully saturated rings. The average Bonchev–Trinajstić information content (AvgIpc) is 2.54. The number of hydrogen-bond donors (Lipinski definition) is 1. The minimum atomic E-state index is -0.785. The van der Waals surface area contributed by atoms with Gasteiger partial charge in [-0.25, -0.2) is 9.59 Å². The predicted octanol–water partition coefficient (Wildman–Crippen LogP) is 4.13. The van der Waals surface area contributed by atoms with E-state index >= 15 is 0 Å². The van der Waals surface area contributed by atoms with Crippen LogP contribution in [0.25, 0.3) is 0 Å². The van der Waals surface area contributed by atoms with E-state index in [0.717, 1.165) is 0 Å². The molecule has 0 aliphatic heterocycles. The second-order valence-corrected chi connectivity index (χ2v) is 5.94. The zero-order valence-electron chi connectivity index (χ0n) is 14.4. The summed E-state index contributed by atoms with van der Waals surface area (Å²) in [7, 11) is 1.59. The molecule has 0 aliphatic rings. The molecule has 1 aromatic rings. The predicted molar refractivity (Wildman–Crippen MR) is 93.5 cm³/mol. The number of carbonyl (C=O) groups is 2. The molecule has 0 spiro atoms. The second-order valence-electron chi connectivity index (χ2n) is 5.50. The zero-order valence-corrected chi connectivity index (χ0v) is 15.2. The van der Waals surface area contributed by atoms with Crippen LogP contribution in [-0.2, 0) is 9.57 Å². The third-order valence-corrected chi connectivity index (χ3v) is 3.87. The van der Waals surface area contributed by atoms with Crippen molar-refractivity contribution in [3.05, 3.63) is 29.3 Å². The van der Waals surface area contributed by atoms with Crippen molar-refractivity contribution in [2.24, 2.45) is 5.16 Å². The summed E-state index contributed by atoms with van der Waals surface area (Å²) >= 11 is 5.77. The van der Waals surface area contributed by atoms with Gasteiger partial charge in [-0.15, -0.1) is 0 Å². The van der Waals surface area contributed by atoms with Crippen LogP contribution >= 0.6 is 11.6 Å². The fourth-order valence-corrected chi connectivity index (χ4v) is 1.71. The van der Waals surface area contributed by atoms with Crippen molar-refractivity contribution in [2.75, 3.05) is 19.0 Å². The summed E-state index contributed by atoms with van der Waals surface area (Å²) in [5.74, 6) is 0. The number of benzene rings is 1. The van der Waals surface area contributed by atoms with E-state index in [2.05, 4.69) is 10.5 Å². The third kappa shape index (κ3) is 5.42. The van der Waals surface area contributed by atoms with Crippen molar-refractivity contribution in [3.63, 3.8) is 0 Å². The third-order valence-electron chi connectivity index (χ3n) is 3.62. The monoisotopic (exact) mass is 355 g/mol. The molecule has 0 radical (unpaired) electrons. The lowest BCUT2D eigenvalue weighted by molar-refractivity contribution is 0.0955. The van der Waals surface area contributed by atoms with Gasteiger partial charge in [0.05, 0.1) is 17.9 Å². The highest BCUT2D eigenvalue weighted by atomic mass is 35.5. The Labute approximate surface area is 146 Å². The van der Waals surface area contributed by atoms with Crippen LogP contribution in [0, 0.1) is 0 Å². The summed E-state index contributed by atoms with van der Waals surface area (Å²) in [6, 6.07) is 6.56. The molecular formula is C16H22ClN3O4. The van der Waals surface area contributed by atoms with E-state index in [1.165, 1.54) is 4.90 Å². The van der Waals surface area contributed by atoms with E-state index in [4.69, 9.17) is 21.2 Å². The fourth-order valence-electron chi connectivity index (χ4n) is 1.59. The van der Waals surface area contributed by atoms with Crippen molar-refractivity contribution >= 4 is 35.2 Å². The van der Waals surface area contributed by atoms with Gasteiger partial charge in [-0.3, -0.25) is 10.2 Å². The highest BCUT2D eigenvalue weighted by Crippen LogP contribution is 2.17. The molecule has 1 aromatic carbocycles. The van der Waals surface area contributed by atoms with Crippen LogP contribution in [0.5, 0.6) is 0 Å². The lowest BCUT2D eigenvalue weighted by atomic mass is 9.98. The van der Waals surface area contributed by atoms with Crippen LogP contribution in [0.3, 0.4) is 0 Å². The summed E-state index contributed by atoms with van der Waals surface area (Å²) in [5.41, 5.74) is 0.178. The van der Waals surface area contributed by atoms with E-state index in [-0.39, 0.29) is 6.61 Å². The van der Waals surface area contributed by atoms with Crippen molar-refractivity contribution in [3.8, 4) is 0 Å². The van der Waals surface area contributed by atoms with Crippen LogP contribution < -0.4 is 5.32 Å². The van der Waals surface area contributed by atoms with Crippen LogP contribution in [0.4, 0.5) is 15.3 Å². The maximum absolute atomic E-state index is 11.8. The molecule has 0 bridgehead atoms. The molecule has 132 valence electrons. The number of rotatable bonds is 5. The van der Waals surface area contributed by atoms with Crippen molar-refractivity contribution in [1.29, 1.82) is 0 Å². The van der Waals surface area contributed by atoms with Gasteiger partial charge in [0, 0.05) is 17.8 Å². The van der Waals surface area contributed by atoms with Crippen LogP contribution in [0.1, 0.15) is 27.7 Å². The van der Waals surface area contributed by atoms with E-state index in [0.29, 0.717) is 16.4 Å². The first kappa shape index (κ1) is 19.8. The lowest BCUT2D eigenvalue weighted by Gasteiger charge is -2.34. The molecule has 1 N–H and O–H groups in total. The minimum Gasteiger partial charge on any atom is -0.450 e. The molecule has 1 rings (SSSR count). The number of hydrogen-bond acceptors (Lipinski definition) is 5. The second kappa shape index (κ2) is 8.54. The van der Waals surface area contributed by atoms with Crippen molar-refractivity contribution in [1.82, 2.24) is 4.90 Å². The normalized spacial score (nSPS) is 11.7. The number of nitrogens with zero attached hydrogens (tertiary/aromatic N) is 2. The number of ether oxygens (including phenoxy) is 1. The lowest BCUT2D eigenvalue weighted by Crippen LogP contribution is -2.50. The molecule has 2 amide bonds. The fraction of sp³-hybridized carbons (Fsp3) is 0.438. The summed E-state index contributed by atoms with van der Waals surface area (Å²) in [6.45, 7) is 7.19. The Bertz CT molecular complexity index is 614. The molecule has 8 heteroatoms. The highest BCUT2D eigenvalue weighted by molar-refractivity contribution is 6.30. The van der Waals surface area contributed by atoms with Crippen molar-refractivity contribution in [2.45, 2.75) is 33.2 Å². The molecule has 7 nitrogen and oxygen atoms in total. The molecular weight excluding hydrogens is 334 g/mol. The highest BCUT2D eigenvalue weighted by Gasteiger charge is 2.32. The SMILES string of the molecule is CCOC(=O)N(C)C(C)(C)C(C)=NOC(=O)Nc1ccc(Cl)cc1. The van der Waals surface area contributed by atoms with E-state index in [1.807, 2.05) is 0 Å². The number of nitrogens with one attached hydrogen (secondary N) is 1. The topological polar surface area (TPSA) is 80.2 Å². The van der Waals surface area contributed by atoms with Gasteiger partial charge in [0.25, 0.3) is 0 Å². The average molecular weight is 356 g/mol. The molecule has 0 atom stereocenters. The molecule has 24 heavy (non-hydrogen) atoms. The Morgan fingerprint density at radius 1 is 1.29 bits per heavy atom. The van der Waals surface area contributed by atoms with E-state index in [9.17, 15) is 9.59 Å². The number of halogens is 1. The van der Waals surface area contributed by atoms with Gasteiger partial charge in [0.15, 0.2) is 0 Å². The van der Waals surface area contributed by atoms with E-state index in [1.54, 1.807) is 59.0 Å². The molecule has 0 aliphatic carbocycles. The van der Waals surface area contributed by atoms with Gasteiger partial charge in [0.2, 0.25) is 0 Å². The largest absolute Gasteiger partial charge is 0.450 e. The first-order valence-electron chi connectivity index (χ1n) is 7.37. The summed E-state index contributed by atoms with van der Waals surface area (Å²) in [5, 5.41) is 6.88. The Kier molecular flexibility index (Phi) is 7.03. The Morgan fingerprint density at radius 2 is 1.88 bits per heavy atom. The summed E-state index contributed by atoms with van der Waals surface area (Å²) in [4.78, 5) is 29.8. The zero-order chi connectivity index (χ0) is 18.3. The molecule has 0 saturated carbocycles. The number of amides is 2. The Hall–Kier alpha value is -2.28. The van der Waals surface area contributed by atoms with Gasteiger partial charge in [0.1, 0.15) is 0 Å².